The Bertz CT molecular complexity index is 789. The van der Waals surface area contributed by atoms with Gasteiger partial charge in [-0.2, -0.15) is 0 Å². The first-order chi connectivity index (χ1) is 9.79. The van der Waals surface area contributed by atoms with E-state index in [0.29, 0.717) is 0 Å². The monoisotopic (exact) mass is 390 g/mol. The molecule has 0 bridgehead atoms. The second-order valence-electron chi connectivity index (χ2n) is 5.79. The number of hydrogen-bond donors (Lipinski definition) is 0. The van der Waals surface area contributed by atoms with E-state index in [1.165, 1.54) is 47.9 Å². The second-order valence-corrected chi connectivity index (χ2v) is 5.79. The lowest BCUT2D eigenvalue weighted by Crippen LogP contribution is -2.02. The SMILES string of the molecule is Cc1ccn2cc(-c3ccc4c(c3)CCCC4)nc2c1.I. The Morgan fingerprint density at radius 1 is 1.00 bits per heavy atom. The van der Waals surface area contributed by atoms with E-state index in [9.17, 15) is 0 Å². The van der Waals surface area contributed by atoms with Crippen LogP contribution in [0.15, 0.2) is 42.7 Å². The maximum atomic E-state index is 4.76. The molecule has 2 heterocycles. The predicted molar refractivity (Wildman–Crippen MR) is 97.4 cm³/mol. The molecule has 3 aromatic rings. The molecular formula is C18H19IN2. The van der Waals surface area contributed by atoms with E-state index in [1.807, 2.05) is 0 Å². The molecule has 3 heteroatoms. The molecule has 108 valence electrons. The summed E-state index contributed by atoms with van der Waals surface area (Å²) < 4.78 is 2.10. The van der Waals surface area contributed by atoms with Crippen LogP contribution in [0.1, 0.15) is 29.5 Å². The molecule has 4 rings (SSSR count). The minimum Gasteiger partial charge on any atom is -0.306 e. The summed E-state index contributed by atoms with van der Waals surface area (Å²) in [4.78, 5) is 4.76. The van der Waals surface area contributed by atoms with Crippen molar-refractivity contribution in [3.63, 3.8) is 0 Å². The second kappa shape index (κ2) is 5.79. The van der Waals surface area contributed by atoms with Crippen molar-refractivity contribution >= 4 is 29.6 Å². The highest BCUT2D eigenvalue weighted by Crippen LogP contribution is 2.27. The quantitative estimate of drug-likeness (QED) is 0.546. The molecule has 0 radical (unpaired) electrons. The van der Waals surface area contributed by atoms with Crippen molar-refractivity contribution in [3.8, 4) is 11.3 Å². The van der Waals surface area contributed by atoms with Gasteiger partial charge in [0.05, 0.1) is 5.69 Å². The van der Waals surface area contributed by atoms with Crippen molar-refractivity contribution in [3.05, 3.63) is 59.4 Å². The average Bonchev–Trinajstić information content (AvgIpc) is 2.89. The Kier molecular flexibility index (Phi) is 4.02. The number of halogens is 1. The Hall–Kier alpha value is -1.36. The first kappa shape index (κ1) is 14.6. The number of nitrogens with zero attached hydrogens (tertiary/aromatic N) is 2. The molecule has 0 atom stereocenters. The van der Waals surface area contributed by atoms with Crippen molar-refractivity contribution < 1.29 is 0 Å². The van der Waals surface area contributed by atoms with Gasteiger partial charge in [-0.05, 0) is 67.5 Å². The largest absolute Gasteiger partial charge is 0.306 e. The third-order valence-corrected chi connectivity index (χ3v) is 4.26. The minimum atomic E-state index is 0. The van der Waals surface area contributed by atoms with Gasteiger partial charge in [0.1, 0.15) is 5.65 Å². The molecule has 0 N–H and O–H groups in total. The van der Waals surface area contributed by atoms with Gasteiger partial charge in [0.15, 0.2) is 0 Å². The number of aryl methyl sites for hydroxylation is 3. The van der Waals surface area contributed by atoms with Crippen LogP contribution < -0.4 is 0 Å². The number of hydrogen-bond acceptors (Lipinski definition) is 1. The zero-order valence-corrected chi connectivity index (χ0v) is 14.5. The third kappa shape index (κ3) is 2.71. The van der Waals surface area contributed by atoms with Gasteiger partial charge < -0.3 is 4.40 Å². The van der Waals surface area contributed by atoms with Gasteiger partial charge in [-0.15, -0.1) is 24.0 Å². The fourth-order valence-electron chi connectivity index (χ4n) is 3.12. The van der Waals surface area contributed by atoms with Gasteiger partial charge >= 0.3 is 0 Å². The van der Waals surface area contributed by atoms with Crippen LogP contribution in [0.4, 0.5) is 0 Å². The van der Waals surface area contributed by atoms with Crippen LogP contribution in [-0.4, -0.2) is 9.38 Å². The van der Waals surface area contributed by atoms with Crippen LogP contribution in [0.25, 0.3) is 16.9 Å². The normalized spacial score (nSPS) is 13.8. The summed E-state index contributed by atoms with van der Waals surface area (Å²) in [6.45, 7) is 2.10. The molecular weight excluding hydrogens is 371 g/mol. The highest BCUT2D eigenvalue weighted by Gasteiger charge is 2.11. The number of pyridine rings is 1. The Balaban J connectivity index is 0.00000132. The van der Waals surface area contributed by atoms with Crippen molar-refractivity contribution in [1.82, 2.24) is 9.38 Å². The first-order valence-electron chi connectivity index (χ1n) is 7.37. The fraction of sp³-hybridized carbons (Fsp3) is 0.278. The van der Waals surface area contributed by atoms with E-state index in [-0.39, 0.29) is 24.0 Å². The Morgan fingerprint density at radius 3 is 2.67 bits per heavy atom. The molecule has 0 amide bonds. The van der Waals surface area contributed by atoms with Crippen LogP contribution in [-0.2, 0) is 12.8 Å². The van der Waals surface area contributed by atoms with E-state index in [0.717, 1.165) is 11.3 Å². The Morgan fingerprint density at radius 2 is 1.81 bits per heavy atom. The first-order valence-corrected chi connectivity index (χ1v) is 7.37. The molecule has 2 nitrogen and oxygen atoms in total. The molecule has 1 aliphatic carbocycles. The zero-order chi connectivity index (χ0) is 13.5. The molecule has 21 heavy (non-hydrogen) atoms. The topological polar surface area (TPSA) is 17.3 Å². The lowest BCUT2D eigenvalue weighted by Gasteiger charge is -2.15. The molecule has 0 aliphatic heterocycles. The average molecular weight is 390 g/mol. The van der Waals surface area contributed by atoms with E-state index in [1.54, 1.807) is 0 Å². The summed E-state index contributed by atoms with van der Waals surface area (Å²) in [5.41, 5.74) is 7.63. The molecule has 0 unspecified atom stereocenters. The van der Waals surface area contributed by atoms with Crippen LogP contribution in [0, 0.1) is 6.92 Å². The summed E-state index contributed by atoms with van der Waals surface area (Å²) >= 11 is 0. The summed E-state index contributed by atoms with van der Waals surface area (Å²) in [5, 5.41) is 0. The highest BCUT2D eigenvalue weighted by molar-refractivity contribution is 14.0. The smallest absolute Gasteiger partial charge is 0.137 e. The van der Waals surface area contributed by atoms with E-state index < -0.39 is 0 Å². The predicted octanol–water partition coefficient (Wildman–Crippen LogP) is 4.81. The van der Waals surface area contributed by atoms with Crippen LogP contribution in [0.3, 0.4) is 0 Å². The summed E-state index contributed by atoms with van der Waals surface area (Å²) in [6.07, 6.45) is 9.31. The van der Waals surface area contributed by atoms with Gasteiger partial charge in [-0.25, -0.2) is 4.98 Å². The molecule has 1 aromatic carbocycles. The number of fused-ring (bicyclic) bond motifs is 2. The van der Waals surface area contributed by atoms with Crippen molar-refractivity contribution in [2.75, 3.05) is 0 Å². The minimum absolute atomic E-state index is 0. The number of imidazole rings is 1. The standard InChI is InChI=1S/C18H18N2.HI/c1-13-8-9-20-12-17(19-18(20)10-13)16-7-6-14-4-2-3-5-15(14)11-16;/h6-12H,2-5H2,1H3;1H. The van der Waals surface area contributed by atoms with Crippen LogP contribution in [0.2, 0.25) is 0 Å². The third-order valence-electron chi connectivity index (χ3n) is 4.26. The summed E-state index contributed by atoms with van der Waals surface area (Å²) in [6, 6.07) is 11.1. The van der Waals surface area contributed by atoms with Gasteiger partial charge in [-0.3, -0.25) is 0 Å². The fourth-order valence-corrected chi connectivity index (χ4v) is 3.12. The van der Waals surface area contributed by atoms with E-state index in [2.05, 4.69) is 54.0 Å². The molecule has 0 saturated heterocycles. The number of rotatable bonds is 1. The summed E-state index contributed by atoms with van der Waals surface area (Å²) in [5.74, 6) is 0. The Labute approximate surface area is 142 Å². The van der Waals surface area contributed by atoms with Crippen molar-refractivity contribution in [2.45, 2.75) is 32.6 Å². The summed E-state index contributed by atoms with van der Waals surface area (Å²) in [7, 11) is 0. The molecule has 0 spiro atoms. The number of aromatic nitrogens is 2. The molecule has 2 aromatic heterocycles. The van der Waals surface area contributed by atoms with Gasteiger partial charge in [0, 0.05) is 18.0 Å². The van der Waals surface area contributed by atoms with Crippen LogP contribution in [0.5, 0.6) is 0 Å². The van der Waals surface area contributed by atoms with E-state index >= 15 is 0 Å². The van der Waals surface area contributed by atoms with Gasteiger partial charge in [0.25, 0.3) is 0 Å². The van der Waals surface area contributed by atoms with Crippen molar-refractivity contribution in [2.24, 2.45) is 0 Å². The lowest BCUT2D eigenvalue weighted by molar-refractivity contribution is 0.686. The zero-order valence-electron chi connectivity index (χ0n) is 12.2. The highest BCUT2D eigenvalue weighted by atomic mass is 127. The van der Waals surface area contributed by atoms with E-state index in [4.69, 9.17) is 4.98 Å². The van der Waals surface area contributed by atoms with Gasteiger partial charge in [-0.1, -0.05) is 12.1 Å². The maximum Gasteiger partial charge on any atom is 0.137 e. The molecule has 1 aliphatic rings. The van der Waals surface area contributed by atoms with Crippen LogP contribution >= 0.6 is 24.0 Å². The maximum absolute atomic E-state index is 4.76. The van der Waals surface area contributed by atoms with Gasteiger partial charge in [0.2, 0.25) is 0 Å². The molecule has 0 fully saturated rings. The lowest BCUT2D eigenvalue weighted by atomic mass is 9.90. The number of benzene rings is 1. The van der Waals surface area contributed by atoms with Crippen molar-refractivity contribution in [1.29, 1.82) is 0 Å². The molecule has 0 saturated carbocycles.